The highest BCUT2D eigenvalue weighted by atomic mass is 16.6. The Bertz CT molecular complexity index is 1470. The maximum Gasteiger partial charge on any atom is 0.162 e. The van der Waals surface area contributed by atoms with Crippen molar-refractivity contribution in [3.63, 3.8) is 0 Å². The van der Waals surface area contributed by atoms with Crippen LogP contribution in [0.4, 0.5) is 0 Å². The van der Waals surface area contributed by atoms with E-state index in [2.05, 4.69) is 60.1 Å². The van der Waals surface area contributed by atoms with Crippen molar-refractivity contribution in [2.45, 2.75) is 6.42 Å². The standard InChI is InChI=1S/C21H15NO.2C6H6O/c1-3-8-16-14(6-1)12-19-17(16)9-5-10-18(19)20-13-15-7-2-4-11-21(15)23-22-20;2*7-6-4-2-1-3-5-6/h1-11,13,22H,12H2;2*1-5,7H. The molecule has 0 spiro atoms. The largest absolute Gasteiger partial charge is 0.508 e. The molecule has 0 radical (unpaired) electrons. The molecule has 7 rings (SSSR count). The van der Waals surface area contributed by atoms with Gasteiger partial charge in [-0.25, -0.2) is 5.48 Å². The molecule has 2 aliphatic rings. The number of benzene rings is 5. The van der Waals surface area contributed by atoms with E-state index in [9.17, 15) is 0 Å². The molecular formula is C33H27NO3. The Kier molecular flexibility index (Phi) is 7.19. The van der Waals surface area contributed by atoms with Crippen molar-refractivity contribution in [3.05, 3.63) is 150 Å². The number of hydroxylamine groups is 1. The Labute approximate surface area is 216 Å². The summed E-state index contributed by atoms with van der Waals surface area (Å²) in [6, 6.07) is 40.6. The summed E-state index contributed by atoms with van der Waals surface area (Å²) in [5.74, 6) is 1.51. The van der Waals surface area contributed by atoms with Gasteiger partial charge in [-0.15, -0.1) is 0 Å². The van der Waals surface area contributed by atoms with E-state index >= 15 is 0 Å². The number of nitrogens with one attached hydrogen (secondary N) is 1. The van der Waals surface area contributed by atoms with Crippen LogP contribution in [0.1, 0.15) is 22.3 Å². The molecule has 0 unspecified atom stereocenters. The van der Waals surface area contributed by atoms with Crippen LogP contribution >= 0.6 is 0 Å². The summed E-state index contributed by atoms with van der Waals surface area (Å²) < 4.78 is 0. The summed E-state index contributed by atoms with van der Waals surface area (Å²) in [6.07, 6.45) is 3.14. The summed E-state index contributed by atoms with van der Waals surface area (Å²) >= 11 is 0. The molecule has 0 saturated heterocycles. The Balaban J connectivity index is 0.000000164. The van der Waals surface area contributed by atoms with Crippen LogP contribution in [0.5, 0.6) is 17.2 Å². The second kappa shape index (κ2) is 11.2. The van der Waals surface area contributed by atoms with E-state index in [-0.39, 0.29) is 0 Å². The monoisotopic (exact) mass is 485 g/mol. The molecule has 1 aliphatic carbocycles. The minimum atomic E-state index is 0.322. The summed E-state index contributed by atoms with van der Waals surface area (Å²) in [7, 11) is 0. The smallest absolute Gasteiger partial charge is 0.162 e. The van der Waals surface area contributed by atoms with Crippen LogP contribution < -0.4 is 10.3 Å². The molecule has 3 N–H and O–H groups in total. The van der Waals surface area contributed by atoms with Gasteiger partial charge in [0.25, 0.3) is 0 Å². The number of hydrogen-bond acceptors (Lipinski definition) is 4. The highest BCUT2D eigenvalue weighted by Gasteiger charge is 2.23. The molecular weight excluding hydrogens is 458 g/mol. The second-order valence-corrected chi connectivity index (χ2v) is 8.64. The number of fused-ring (bicyclic) bond motifs is 4. The maximum atomic E-state index is 8.63. The lowest BCUT2D eigenvalue weighted by Crippen LogP contribution is -2.21. The van der Waals surface area contributed by atoms with Crippen molar-refractivity contribution >= 4 is 11.8 Å². The molecule has 182 valence electrons. The van der Waals surface area contributed by atoms with Crippen LogP contribution in [0.3, 0.4) is 0 Å². The quantitative estimate of drug-likeness (QED) is 0.227. The summed E-state index contributed by atoms with van der Waals surface area (Å²) in [6.45, 7) is 0. The molecule has 0 amide bonds. The Morgan fingerprint density at radius 1 is 0.541 bits per heavy atom. The van der Waals surface area contributed by atoms with Gasteiger partial charge in [0.1, 0.15) is 11.5 Å². The van der Waals surface area contributed by atoms with Crippen LogP contribution in [-0.4, -0.2) is 10.2 Å². The lowest BCUT2D eigenvalue weighted by Gasteiger charge is -2.20. The Morgan fingerprint density at radius 2 is 1.11 bits per heavy atom. The van der Waals surface area contributed by atoms with Gasteiger partial charge in [0.15, 0.2) is 5.75 Å². The highest BCUT2D eigenvalue weighted by Crippen LogP contribution is 2.40. The molecule has 4 heteroatoms. The van der Waals surface area contributed by atoms with Gasteiger partial charge in [-0.1, -0.05) is 97.1 Å². The number of phenols is 2. The van der Waals surface area contributed by atoms with Crippen molar-refractivity contribution in [2.24, 2.45) is 0 Å². The third-order valence-corrected chi connectivity index (χ3v) is 6.14. The minimum absolute atomic E-state index is 0.322. The molecule has 1 heterocycles. The Morgan fingerprint density at radius 3 is 1.78 bits per heavy atom. The molecule has 5 aromatic rings. The topological polar surface area (TPSA) is 61.7 Å². The maximum absolute atomic E-state index is 8.63. The van der Waals surface area contributed by atoms with Gasteiger partial charge in [0.05, 0.1) is 5.70 Å². The zero-order valence-corrected chi connectivity index (χ0v) is 20.2. The number of para-hydroxylation sites is 3. The zero-order valence-electron chi connectivity index (χ0n) is 20.2. The van der Waals surface area contributed by atoms with Gasteiger partial charge in [-0.3, -0.25) is 0 Å². The number of rotatable bonds is 1. The number of phenolic OH excluding ortho intramolecular Hbond substituents is 2. The SMILES string of the molecule is C1=C(c2cccc3c2Cc2ccccc2-3)NOc2ccccc21.Oc1ccccc1.Oc1ccccc1. The van der Waals surface area contributed by atoms with E-state index in [4.69, 9.17) is 15.1 Å². The molecule has 37 heavy (non-hydrogen) atoms. The molecule has 0 saturated carbocycles. The average molecular weight is 486 g/mol. The third kappa shape index (κ3) is 5.65. The lowest BCUT2D eigenvalue weighted by molar-refractivity contribution is 0.249. The van der Waals surface area contributed by atoms with E-state index in [1.807, 2.05) is 30.3 Å². The first-order valence-corrected chi connectivity index (χ1v) is 12.1. The van der Waals surface area contributed by atoms with Gasteiger partial charge >= 0.3 is 0 Å². The van der Waals surface area contributed by atoms with Crippen molar-refractivity contribution in [1.29, 1.82) is 0 Å². The van der Waals surface area contributed by atoms with E-state index in [1.165, 1.54) is 27.8 Å². The van der Waals surface area contributed by atoms with E-state index in [0.717, 1.165) is 23.4 Å². The number of hydrogen-bond donors (Lipinski definition) is 3. The van der Waals surface area contributed by atoms with E-state index in [0.29, 0.717) is 11.5 Å². The number of aromatic hydroxyl groups is 2. The van der Waals surface area contributed by atoms with Gasteiger partial charge in [0.2, 0.25) is 0 Å². The van der Waals surface area contributed by atoms with Crippen LogP contribution in [0.15, 0.2) is 127 Å². The highest BCUT2D eigenvalue weighted by molar-refractivity contribution is 5.89. The van der Waals surface area contributed by atoms with Crippen molar-refractivity contribution in [1.82, 2.24) is 5.48 Å². The normalized spacial score (nSPS) is 11.9. The fourth-order valence-electron chi connectivity index (χ4n) is 4.39. The summed E-state index contributed by atoms with van der Waals surface area (Å²) in [5, 5.41) is 17.3. The van der Waals surface area contributed by atoms with E-state index < -0.39 is 0 Å². The van der Waals surface area contributed by atoms with Crippen molar-refractivity contribution < 1.29 is 15.1 Å². The first-order chi connectivity index (χ1) is 18.2. The van der Waals surface area contributed by atoms with Gasteiger partial charge in [-0.05, 0) is 65.1 Å². The minimum Gasteiger partial charge on any atom is -0.508 e. The van der Waals surface area contributed by atoms with Gasteiger partial charge in [-0.2, -0.15) is 0 Å². The van der Waals surface area contributed by atoms with Crippen molar-refractivity contribution in [2.75, 3.05) is 0 Å². The third-order valence-electron chi connectivity index (χ3n) is 6.14. The van der Waals surface area contributed by atoms with Gasteiger partial charge < -0.3 is 15.1 Å². The predicted octanol–water partition coefficient (Wildman–Crippen LogP) is 7.44. The molecule has 0 fully saturated rings. The van der Waals surface area contributed by atoms with Crippen LogP contribution in [-0.2, 0) is 6.42 Å². The van der Waals surface area contributed by atoms with Crippen LogP contribution in [0.2, 0.25) is 0 Å². The zero-order chi connectivity index (χ0) is 25.5. The lowest BCUT2D eigenvalue weighted by atomic mass is 9.97. The fourth-order valence-corrected chi connectivity index (χ4v) is 4.39. The predicted molar refractivity (Wildman–Crippen MR) is 149 cm³/mol. The second-order valence-electron chi connectivity index (χ2n) is 8.64. The molecule has 1 aliphatic heterocycles. The average Bonchev–Trinajstić information content (AvgIpc) is 3.33. The summed E-state index contributed by atoms with van der Waals surface area (Å²) in [4.78, 5) is 5.71. The van der Waals surface area contributed by atoms with Crippen LogP contribution in [0, 0.1) is 0 Å². The molecule has 0 atom stereocenters. The molecule has 5 aromatic carbocycles. The van der Waals surface area contributed by atoms with Crippen LogP contribution in [0.25, 0.3) is 22.9 Å². The first kappa shape index (κ1) is 23.8. The van der Waals surface area contributed by atoms with Gasteiger partial charge in [0, 0.05) is 11.1 Å². The fraction of sp³-hybridized carbons (Fsp3) is 0.0303. The van der Waals surface area contributed by atoms with E-state index in [1.54, 1.807) is 48.5 Å². The Hall–Kier alpha value is -4.96. The molecule has 0 bridgehead atoms. The summed E-state index contributed by atoms with van der Waals surface area (Å²) in [5.41, 5.74) is 11.9. The molecule has 4 nitrogen and oxygen atoms in total. The first-order valence-electron chi connectivity index (χ1n) is 12.1. The molecule has 0 aromatic heterocycles. The van der Waals surface area contributed by atoms with Crippen molar-refractivity contribution in [3.8, 4) is 28.4 Å².